The number of benzene rings is 1. The van der Waals surface area contributed by atoms with Crippen molar-refractivity contribution in [1.29, 1.82) is 0 Å². The summed E-state index contributed by atoms with van der Waals surface area (Å²) in [6, 6.07) is 6.00. The van der Waals surface area contributed by atoms with Crippen molar-refractivity contribution in [2.24, 2.45) is 11.7 Å². The summed E-state index contributed by atoms with van der Waals surface area (Å²) in [4.78, 5) is 21.9. The van der Waals surface area contributed by atoms with Crippen LogP contribution in [0.5, 0.6) is 0 Å². The van der Waals surface area contributed by atoms with Crippen LogP contribution in [-0.2, 0) is 4.79 Å². The lowest BCUT2D eigenvalue weighted by Gasteiger charge is -2.19. The molecule has 3 N–H and O–H groups in total. The molecule has 1 amide bonds. The molecule has 20 heavy (non-hydrogen) atoms. The molecule has 1 unspecified atom stereocenters. The molecule has 1 atom stereocenters. The quantitative estimate of drug-likeness (QED) is 0.470. The first kappa shape index (κ1) is 15.8. The van der Waals surface area contributed by atoms with Gasteiger partial charge in [-0.1, -0.05) is 26.0 Å². The Labute approximate surface area is 117 Å². The van der Waals surface area contributed by atoms with Gasteiger partial charge in [-0.2, -0.15) is 0 Å². The van der Waals surface area contributed by atoms with Crippen molar-refractivity contribution < 1.29 is 9.72 Å². The summed E-state index contributed by atoms with van der Waals surface area (Å²) in [5.74, 6) is -0.0178. The van der Waals surface area contributed by atoms with E-state index >= 15 is 0 Å². The topological polar surface area (TPSA) is 98.3 Å². The molecule has 0 bridgehead atoms. The van der Waals surface area contributed by atoms with Crippen LogP contribution < -0.4 is 11.1 Å². The summed E-state index contributed by atoms with van der Waals surface area (Å²) >= 11 is 0. The van der Waals surface area contributed by atoms with Crippen molar-refractivity contribution in [1.82, 2.24) is 5.32 Å². The van der Waals surface area contributed by atoms with Gasteiger partial charge in [-0.05, 0) is 17.6 Å². The normalized spacial score (nSPS) is 12.6. The number of amides is 1. The first-order valence-electron chi connectivity index (χ1n) is 6.37. The Kier molecular flexibility index (Phi) is 5.86. The molecule has 0 saturated heterocycles. The maximum absolute atomic E-state index is 11.7. The number of nitrogens with two attached hydrogens (primary N) is 1. The summed E-state index contributed by atoms with van der Waals surface area (Å²) in [5.41, 5.74) is 6.16. The van der Waals surface area contributed by atoms with Crippen LogP contribution in [0.4, 0.5) is 5.69 Å². The highest BCUT2D eigenvalue weighted by molar-refractivity contribution is 5.92. The molecule has 1 aromatic carbocycles. The van der Waals surface area contributed by atoms with E-state index in [2.05, 4.69) is 5.32 Å². The Morgan fingerprint density at radius 2 is 2.20 bits per heavy atom. The number of rotatable bonds is 6. The lowest BCUT2D eigenvalue weighted by Crippen LogP contribution is -2.42. The fourth-order valence-corrected chi connectivity index (χ4v) is 1.64. The number of nitrogens with zero attached hydrogens (tertiary/aromatic N) is 1. The second-order valence-corrected chi connectivity index (χ2v) is 4.78. The predicted molar refractivity (Wildman–Crippen MR) is 78.0 cm³/mol. The summed E-state index contributed by atoms with van der Waals surface area (Å²) in [6.07, 6.45) is 2.89. The van der Waals surface area contributed by atoms with Gasteiger partial charge >= 0.3 is 0 Å². The zero-order valence-electron chi connectivity index (χ0n) is 11.6. The van der Waals surface area contributed by atoms with Gasteiger partial charge in [-0.15, -0.1) is 0 Å². The minimum Gasteiger partial charge on any atom is -0.348 e. The molecule has 0 fully saturated rings. The lowest BCUT2D eigenvalue weighted by atomic mass is 10.0. The van der Waals surface area contributed by atoms with Crippen LogP contribution in [0, 0.1) is 16.0 Å². The number of non-ortho nitro benzene ring substituents is 1. The summed E-state index contributed by atoms with van der Waals surface area (Å²) in [7, 11) is 0. The van der Waals surface area contributed by atoms with Gasteiger partial charge in [0.2, 0.25) is 5.91 Å². The van der Waals surface area contributed by atoms with Gasteiger partial charge in [0.1, 0.15) is 0 Å². The molecule has 1 aromatic rings. The van der Waals surface area contributed by atoms with Gasteiger partial charge in [0.25, 0.3) is 5.69 Å². The van der Waals surface area contributed by atoms with E-state index in [9.17, 15) is 14.9 Å². The smallest absolute Gasteiger partial charge is 0.270 e. The standard InChI is InChI=1S/C14H19N3O3/c1-10(2)13(9-15)16-14(18)7-6-11-4-3-5-12(8-11)17(19)20/h3-8,10,13H,9,15H2,1-2H3,(H,16,18). The molecule has 1 rings (SSSR count). The molecule has 6 nitrogen and oxygen atoms in total. The van der Waals surface area contributed by atoms with E-state index < -0.39 is 4.92 Å². The predicted octanol–water partition coefficient (Wildman–Crippen LogP) is 1.71. The van der Waals surface area contributed by atoms with Crippen LogP contribution in [0.2, 0.25) is 0 Å². The average Bonchev–Trinajstić information content (AvgIpc) is 2.42. The van der Waals surface area contributed by atoms with Crippen molar-refractivity contribution in [3.8, 4) is 0 Å². The third-order valence-corrected chi connectivity index (χ3v) is 2.89. The van der Waals surface area contributed by atoms with Crippen molar-refractivity contribution in [2.75, 3.05) is 6.54 Å². The molecule has 0 aliphatic heterocycles. The Balaban J connectivity index is 2.70. The molecule has 0 saturated carbocycles. The van der Waals surface area contributed by atoms with Crippen LogP contribution in [-0.4, -0.2) is 23.4 Å². The van der Waals surface area contributed by atoms with Gasteiger partial charge in [-0.3, -0.25) is 14.9 Å². The first-order valence-corrected chi connectivity index (χ1v) is 6.37. The first-order chi connectivity index (χ1) is 9.43. The highest BCUT2D eigenvalue weighted by atomic mass is 16.6. The number of nitro benzene ring substituents is 1. The van der Waals surface area contributed by atoms with Gasteiger partial charge in [0.15, 0.2) is 0 Å². The van der Waals surface area contributed by atoms with E-state index in [1.165, 1.54) is 24.3 Å². The third kappa shape index (κ3) is 4.81. The van der Waals surface area contributed by atoms with Crippen molar-refractivity contribution >= 4 is 17.7 Å². The molecule has 0 spiro atoms. The molecule has 0 heterocycles. The SMILES string of the molecule is CC(C)C(CN)NC(=O)C=Cc1cccc([N+](=O)[O-])c1. The Morgan fingerprint density at radius 3 is 2.75 bits per heavy atom. The van der Waals surface area contributed by atoms with Gasteiger partial charge in [0.05, 0.1) is 4.92 Å². The highest BCUT2D eigenvalue weighted by Gasteiger charge is 2.12. The fraction of sp³-hybridized carbons (Fsp3) is 0.357. The summed E-state index contributed by atoms with van der Waals surface area (Å²) < 4.78 is 0. The van der Waals surface area contributed by atoms with Crippen LogP contribution in [0.25, 0.3) is 6.08 Å². The second kappa shape index (κ2) is 7.40. The number of carbonyl (C=O) groups excluding carboxylic acids is 1. The maximum atomic E-state index is 11.7. The monoisotopic (exact) mass is 277 g/mol. The number of carbonyl (C=O) groups is 1. The van der Waals surface area contributed by atoms with Gasteiger partial charge < -0.3 is 11.1 Å². The lowest BCUT2D eigenvalue weighted by molar-refractivity contribution is -0.384. The highest BCUT2D eigenvalue weighted by Crippen LogP contribution is 2.14. The fourth-order valence-electron chi connectivity index (χ4n) is 1.64. The van der Waals surface area contributed by atoms with Crippen molar-refractivity contribution in [2.45, 2.75) is 19.9 Å². The Morgan fingerprint density at radius 1 is 1.50 bits per heavy atom. The number of hydrogen-bond acceptors (Lipinski definition) is 4. The minimum absolute atomic E-state index is 0.00502. The van der Waals surface area contributed by atoms with Crippen LogP contribution in [0.15, 0.2) is 30.3 Å². The van der Waals surface area contributed by atoms with Gasteiger partial charge in [-0.25, -0.2) is 0 Å². The van der Waals surface area contributed by atoms with Crippen LogP contribution in [0.3, 0.4) is 0 Å². The molecule has 0 aliphatic rings. The van der Waals surface area contributed by atoms with E-state index in [0.717, 1.165) is 0 Å². The average molecular weight is 277 g/mol. The minimum atomic E-state index is -0.472. The van der Waals surface area contributed by atoms with Crippen LogP contribution in [0.1, 0.15) is 19.4 Å². The molecular formula is C14H19N3O3. The number of nitro groups is 1. The van der Waals surface area contributed by atoms with E-state index in [-0.39, 0.29) is 23.6 Å². The zero-order valence-corrected chi connectivity index (χ0v) is 11.6. The summed E-state index contributed by atoms with van der Waals surface area (Å²) in [6.45, 7) is 4.32. The Hall–Kier alpha value is -2.21. The summed E-state index contributed by atoms with van der Waals surface area (Å²) in [5, 5.41) is 13.4. The number of nitrogens with one attached hydrogen (secondary N) is 1. The Bertz CT molecular complexity index is 512. The molecule has 0 radical (unpaired) electrons. The maximum Gasteiger partial charge on any atom is 0.270 e. The zero-order chi connectivity index (χ0) is 15.1. The van der Waals surface area contributed by atoms with E-state index in [0.29, 0.717) is 12.1 Å². The van der Waals surface area contributed by atoms with Crippen molar-refractivity contribution in [3.63, 3.8) is 0 Å². The second-order valence-electron chi connectivity index (χ2n) is 4.78. The molecule has 6 heteroatoms. The molecule has 0 aromatic heterocycles. The number of hydrogen-bond donors (Lipinski definition) is 2. The van der Waals surface area contributed by atoms with Crippen molar-refractivity contribution in [3.05, 3.63) is 46.0 Å². The largest absolute Gasteiger partial charge is 0.348 e. The van der Waals surface area contributed by atoms with E-state index in [1.54, 1.807) is 12.1 Å². The van der Waals surface area contributed by atoms with E-state index in [1.807, 2.05) is 13.8 Å². The molecular weight excluding hydrogens is 258 g/mol. The molecule has 0 aliphatic carbocycles. The third-order valence-electron chi connectivity index (χ3n) is 2.89. The van der Waals surface area contributed by atoms with Gasteiger partial charge in [0, 0.05) is 30.8 Å². The van der Waals surface area contributed by atoms with E-state index in [4.69, 9.17) is 5.73 Å². The molecule has 108 valence electrons. The van der Waals surface area contributed by atoms with Crippen LogP contribution >= 0.6 is 0 Å².